The molecular formula is C23H34N4O7. The molecular weight excluding hydrogens is 444 g/mol. The molecule has 0 saturated carbocycles. The van der Waals surface area contributed by atoms with Gasteiger partial charge in [0.15, 0.2) is 0 Å². The van der Waals surface area contributed by atoms with Crippen molar-refractivity contribution < 1.29 is 34.2 Å². The molecule has 0 spiro atoms. The fraction of sp³-hybridized carbons (Fsp3) is 0.522. The van der Waals surface area contributed by atoms with Gasteiger partial charge in [-0.2, -0.15) is 0 Å². The van der Waals surface area contributed by atoms with Gasteiger partial charge in [-0.15, -0.1) is 0 Å². The van der Waals surface area contributed by atoms with Crippen LogP contribution in [-0.4, -0.2) is 64.0 Å². The van der Waals surface area contributed by atoms with Crippen LogP contribution < -0.4 is 21.7 Å². The number of carbonyl (C=O) groups is 5. The average Bonchev–Trinajstić information content (AvgIpc) is 2.76. The third kappa shape index (κ3) is 10.4. The second kappa shape index (κ2) is 13.9. The van der Waals surface area contributed by atoms with Crippen molar-refractivity contribution in [3.63, 3.8) is 0 Å². The topological polar surface area (TPSA) is 188 Å². The number of carbonyl (C=O) groups excluding carboxylic acids is 3. The third-order valence-electron chi connectivity index (χ3n) is 5.00. The lowest BCUT2D eigenvalue weighted by Gasteiger charge is -2.25. The summed E-state index contributed by atoms with van der Waals surface area (Å²) in [4.78, 5) is 59.9. The zero-order chi connectivity index (χ0) is 25.8. The first-order chi connectivity index (χ1) is 15.9. The standard InChI is InChI=1S/C23H34N4O7/c1-13(2)11-17(22(32)27-18(23(33)34)12-15-7-5-4-6-8-15)26-20(30)14(3)25-21(31)16(24)9-10-19(28)29/h4-8,13-14,16-18H,9-12,24H2,1-3H3,(H,25,31)(H,26,30)(H,27,32)(H,28,29)(H,33,34). The highest BCUT2D eigenvalue weighted by Gasteiger charge is 2.29. The van der Waals surface area contributed by atoms with Crippen LogP contribution in [0.2, 0.25) is 0 Å². The van der Waals surface area contributed by atoms with Crippen LogP contribution in [0, 0.1) is 5.92 Å². The fourth-order valence-corrected chi connectivity index (χ4v) is 3.12. The number of benzene rings is 1. The number of nitrogens with one attached hydrogen (secondary N) is 3. The molecule has 4 unspecified atom stereocenters. The van der Waals surface area contributed by atoms with Gasteiger partial charge in [0.1, 0.15) is 18.1 Å². The molecule has 11 nitrogen and oxygen atoms in total. The molecule has 0 aliphatic heterocycles. The van der Waals surface area contributed by atoms with Gasteiger partial charge in [0.05, 0.1) is 6.04 Å². The first-order valence-electron chi connectivity index (χ1n) is 11.1. The van der Waals surface area contributed by atoms with Gasteiger partial charge in [-0.1, -0.05) is 44.2 Å². The van der Waals surface area contributed by atoms with Gasteiger partial charge in [-0.3, -0.25) is 19.2 Å². The summed E-state index contributed by atoms with van der Waals surface area (Å²) in [5, 5.41) is 25.7. The summed E-state index contributed by atoms with van der Waals surface area (Å²) >= 11 is 0. The van der Waals surface area contributed by atoms with Gasteiger partial charge in [-0.05, 0) is 31.2 Å². The van der Waals surface area contributed by atoms with Gasteiger partial charge in [0.25, 0.3) is 0 Å². The number of amides is 3. The number of hydrogen-bond acceptors (Lipinski definition) is 6. The SMILES string of the molecule is CC(C)CC(NC(=O)C(C)NC(=O)C(N)CCC(=O)O)C(=O)NC(Cc1ccccc1)C(=O)O. The van der Waals surface area contributed by atoms with E-state index >= 15 is 0 Å². The molecule has 0 bridgehead atoms. The largest absolute Gasteiger partial charge is 0.481 e. The zero-order valence-corrected chi connectivity index (χ0v) is 19.6. The lowest BCUT2D eigenvalue weighted by molar-refractivity contribution is -0.142. The predicted molar refractivity (Wildman–Crippen MR) is 124 cm³/mol. The molecule has 0 heterocycles. The Bertz CT molecular complexity index is 860. The molecule has 7 N–H and O–H groups in total. The Morgan fingerprint density at radius 1 is 0.853 bits per heavy atom. The van der Waals surface area contributed by atoms with Crippen molar-refractivity contribution in [2.24, 2.45) is 11.7 Å². The Balaban J connectivity index is 2.79. The monoisotopic (exact) mass is 478 g/mol. The number of rotatable bonds is 14. The first kappa shape index (κ1) is 28.6. The average molecular weight is 479 g/mol. The molecule has 1 aromatic rings. The summed E-state index contributed by atoms with van der Waals surface area (Å²) < 4.78 is 0. The Kier molecular flexibility index (Phi) is 11.7. The minimum Gasteiger partial charge on any atom is -0.481 e. The number of nitrogens with two attached hydrogens (primary N) is 1. The van der Waals surface area contributed by atoms with E-state index in [0.29, 0.717) is 0 Å². The van der Waals surface area contributed by atoms with Crippen LogP contribution in [0.15, 0.2) is 30.3 Å². The van der Waals surface area contributed by atoms with E-state index < -0.39 is 53.8 Å². The van der Waals surface area contributed by atoms with E-state index in [-0.39, 0.29) is 31.6 Å². The summed E-state index contributed by atoms with van der Waals surface area (Å²) in [6, 6.07) is 4.46. The maximum absolute atomic E-state index is 12.9. The van der Waals surface area contributed by atoms with Crippen LogP contribution in [0.3, 0.4) is 0 Å². The number of aliphatic carboxylic acids is 2. The van der Waals surface area contributed by atoms with Gasteiger partial charge < -0.3 is 31.9 Å². The smallest absolute Gasteiger partial charge is 0.326 e. The Morgan fingerprint density at radius 2 is 1.44 bits per heavy atom. The molecule has 0 fully saturated rings. The van der Waals surface area contributed by atoms with E-state index in [9.17, 15) is 29.1 Å². The van der Waals surface area contributed by atoms with Crippen LogP contribution in [0.5, 0.6) is 0 Å². The summed E-state index contributed by atoms with van der Waals surface area (Å²) in [7, 11) is 0. The molecule has 0 saturated heterocycles. The molecule has 0 aliphatic rings. The van der Waals surface area contributed by atoms with Crippen molar-refractivity contribution >= 4 is 29.7 Å². The predicted octanol–water partition coefficient (Wildman–Crippen LogP) is 0.0262. The van der Waals surface area contributed by atoms with E-state index in [2.05, 4.69) is 16.0 Å². The molecule has 0 radical (unpaired) electrons. The van der Waals surface area contributed by atoms with E-state index in [4.69, 9.17) is 10.8 Å². The second-order valence-corrected chi connectivity index (χ2v) is 8.55. The van der Waals surface area contributed by atoms with Crippen molar-refractivity contribution in [2.75, 3.05) is 0 Å². The molecule has 11 heteroatoms. The molecule has 1 aromatic carbocycles. The van der Waals surface area contributed by atoms with E-state index in [1.807, 2.05) is 13.8 Å². The molecule has 34 heavy (non-hydrogen) atoms. The lowest BCUT2D eigenvalue weighted by Crippen LogP contribution is -2.56. The van der Waals surface area contributed by atoms with Crippen LogP contribution in [0.25, 0.3) is 0 Å². The molecule has 0 aromatic heterocycles. The highest BCUT2D eigenvalue weighted by atomic mass is 16.4. The summed E-state index contributed by atoms with van der Waals surface area (Å²) in [6.45, 7) is 5.09. The van der Waals surface area contributed by atoms with Crippen molar-refractivity contribution in [3.8, 4) is 0 Å². The molecule has 3 amide bonds. The minimum absolute atomic E-state index is 0.00258. The molecule has 188 valence electrons. The van der Waals surface area contributed by atoms with E-state index in [1.165, 1.54) is 6.92 Å². The molecule has 1 rings (SSSR count). The number of carboxylic acids is 2. The fourth-order valence-electron chi connectivity index (χ4n) is 3.12. The summed E-state index contributed by atoms with van der Waals surface area (Å²) in [5.41, 5.74) is 6.38. The van der Waals surface area contributed by atoms with E-state index in [1.54, 1.807) is 30.3 Å². The van der Waals surface area contributed by atoms with Crippen molar-refractivity contribution in [1.29, 1.82) is 0 Å². The quantitative estimate of drug-likeness (QED) is 0.216. The number of hydrogen-bond donors (Lipinski definition) is 6. The highest BCUT2D eigenvalue weighted by molar-refractivity contribution is 5.94. The van der Waals surface area contributed by atoms with Gasteiger partial charge in [0.2, 0.25) is 17.7 Å². The molecule has 4 atom stereocenters. The Hall–Kier alpha value is -3.47. The van der Waals surface area contributed by atoms with Crippen molar-refractivity contribution in [3.05, 3.63) is 35.9 Å². The number of carboxylic acid groups (broad SMARTS) is 2. The zero-order valence-electron chi connectivity index (χ0n) is 19.6. The minimum atomic E-state index is -1.21. The van der Waals surface area contributed by atoms with Crippen molar-refractivity contribution in [2.45, 2.75) is 70.6 Å². The van der Waals surface area contributed by atoms with Crippen LogP contribution in [0.4, 0.5) is 0 Å². The normalized spacial score (nSPS) is 14.4. The Labute approximate surface area is 198 Å². The van der Waals surface area contributed by atoms with Gasteiger partial charge in [0, 0.05) is 12.8 Å². The highest BCUT2D eigenvalue weighted by Crippen LogP contribution is 2.08. The molecule has 0 aliphatic carbocycles. The summed E-state index contributed by atoms with van der Waals surface area (Å²) in [5.74, 6) is -4.30. The van der Waals surface area contributed by atoms with Gasteiger partial charge in [-0.25, -0.2) is 4.79 Å². The third-order valence-corrected chi connectivity index (χ3v) is 5.00. The maximum Gasteiger partial charge on any atom is 0.326 e. The lowest BCUT2D eigenvalue weighted by atomic mass is 10.0. The van der Waals surface area contributed by atoms with Crippen molar-refractivity contribution in [1.82, 2.24) is 16.0 Å². The van der Waals surface area contributed by atoms with Crippen LogP contribution in [-0.2, 0) is 30.4 Å². The second-order valence-electron chi connectivity index (χ2n) is 8.55. The van der Waals surface area contributed by atoms with Crippen LogP contribution >= 0.6 is 0 Å². The first-order valence-corrected chi connectivity index (χ1v) is 11.1. The maximum atomic E-state index is 12.9. The van der Waals surface area contributed by atoms with Gasteiger partial charge >= 0.3 is 11.9 Å². The summed E-state index contributed by atoms with van der Waals surface area (Å²) in [6.07, 6.45) is -0.0651. The Morgan fingerprint density at radius 3 is 1.97 bits per heavy atom. The van der Waals surface area contributed by atoms with Crippen LogP contribution in [0.1, 0.15) is 45.6 Å². The van der Waals surface area contributed by atoms with E-state index in [0.717, 1.165) is 5.56 Å².